The van der Waals surface area contributed by atoms with Crippen molar-refractivity contribution in [3.05, 3.63) is 88.0 Å². The molecule has 0 fully saturated rings. The van der Waals surface area contributed by atoms with Crippen LogP contribution < -0.4 is 31.9 Å². The van der Waals surface area contributed by atoms with Crippen LogP contribution in [0, 0.1) is 11.2 Å². The summed E-state index contributed by atoms with van der Waals surface area (Å²) in [5.41, 5.74) is 12.0. The zero-order valence-corrected chi connectivity index (χ0v) is 19.7. The smallest absolute Gasteiger partial charge is 0.348 e. The standard InChI is InChI=1S/C24H24F2N8O3/c1-36-15-11-16(19(26)18(12-15)37-10-8-25)20(31-14-6-4-13(5-7-14)21(27)28)23-32-24(35)34(33-23)17-3-2-9-30-22(17)29/h2-7,9,11-12,20,31H,8,10H2,1H3,(H3,27,28)(H2,29,30)(H,32,33,35)/t20-/m0/s1. The first-order valence-electron chi connectivity index (χ1n) is 11.0. The summed E-state index contributed by atoms with van der Waals surface area (Å²) in [4.78, 5) is 19.4. The molecule has 2 aromatic carbocycles. The number of nitrogen functional groups attached to an aromatic ring is 2. The first kappa shape index (κ1) is 25.2. The van der Waals surface area contributed by atoms with Crippen LogP contribution in [-0.4, -0.2) is 46.0 Å². The van der Waals surface area contributed by atoms with Crippen LogP contribution >= 0.6 is 0 Å². The second-order valence-corrected chi connectivity index (χ2v) is 7.77. The molecule has 2 heterocycles. The lowest BCUT2D eigenvalue weighted by Gasteiger charge is -2.21. The minimum atomic E-state index is -1.07. The molecule has 0 bridgehead atoms. The predicted octanol–water partition coefficient (Wildman–Crippen LogP) is 2.52. The minimum absolute atomic E-state index is 0.00362. The number of anilines is 2. The Morgan fingerprint density at radius 1 is 1.27 bits per heavy atom. The number of halogens is 2. The van der Waals surface area contributed by atoms with Gasteiger partial charge in [0.1, 0.15) is 42.4 Å². The number of hydrogen-bond donors (Lipinski definition) is 5. The molecule has 0 aliphatic rings. The van der Waals surface area contributed by atoms with Gasteiger partial charge in [-0.05, 0) is 42.5 Å². The Morgan fingerprint density at radius 3 is 2.68 bits per heavy atom. The van der Waals surface area contributed by atoms with Gasteiger partial charge in [0.2, 0.25) is 0 Å². The van der Waals surface area contributed by atoms with E-state index in [2.05, 4.69) is 20.4 Å². The first-order valence-corrected chi connectivity index (χ1v) is 11.0. The highest BCUT2D eigenvalue weighted by Gasteiger charge is 2.27. The van der Waals surface area contributed by atoms with Crippen LogP contribution in [0.4, 0.5) is 20.3 Å². The van der Waals surface area contributed by atoms with Gasteiger partial charge in [0.15, 0.2) is 17.4 Å². The van der Waals surface area contributed by atoms with Gasteiger partial charge in [0.25, 0.3) is 0 Å². The Morgan fingerprint density at radius 2 is 2.03 bits per heavy atom. The number of benzene rings is 2. The Balaban J connectivity index is 1.85. The highest BCUT2D eigenvalue weighted by Crippen LogP contribution is 2.35. The van der Waals surface area contributed by atoms with Crippen LogP contribution in [0.3, 0.4) is 0 Å². The van der Waals surface area contributed by atoms with Gasteiger partial charge >= 0.3 is 5.69 Å². The summed E-state index contributed by atoms with van der Waals surface area (Å²) in [7, 11) is 1.39. The van der Waals surface area contributed by atoms with Gasteiger partial charge in [-0.15, -0.1) is 5.10 Å². The highest BCUT2D eigenvalue weighted by molar-refractivity contribution is 5.95. The Bertz CT molecular complexity index is 1470. The molecule has 2 aromatic heterocycles. The minimum Gasteiger partial charge on any atom is -0.497 e. The predicted molar refractivity (Wildman–Crippen MR) is 134 cm³/mol. The number of nitrogens with two attached hydrogens (primary N) is 2. The molecule has 0 saturated carbocycles. The van der Waals surface area contributed by atoms with Crippen LogP contribution in [0.2, 0.25) is 0 Å². The molecule has 4 aromatic rings. The van der Waals surface area contributed by atoms with E-state index >= 15 is 4.39 Å². The lowest BCUT2D eigenvalue weighted by Crippen LogP contribution is -2.18. The van der Waals surface area contributed by atoms with Gasteiger partial charge in [0, 0.05) is 29.1 Å². The first-order chi connectivity index (χ1) is 17.8. The quantitative estimate of drug-likeness (QED) is 0.160. The summed E-state index contributed by atoms with van der Waals surface area (Å²) in [6.45, 7) is -1.18. The van der Waals surface area contributed by atoms with Crippen molar-refractivity contribution in [3.8, 4) is 17.2 Å². The molecular weight excluding hydrogens is 486 g/mol. The van der Waals surface area contributed by atoms with Crippen LogP contribution in [0.1, 0.15) is 23.0 Å². The normalized spacial score (nSPS) is 11.6. The summed E-state index contributed by atoms with van der Waals surface area (Å²) >= 11 is 0. The Kier molecular flexibility index (Phi) is 7.32. The molecule has 1 atom stereocenters. The fraction of sp³-hybridized carbons (Fsp3) is 0.167. The zero-order valence-electron chi connectivity index (χ0n) is 19.7. The summed E-state index contributed by atoms with van der Waals surface area (Å²) in [6, 6.07) is 11.3. The number of H-pyrrole nitrogens is 1. The van der Waals surface area contributed by atoms with Crippen molar-refractivity contribution in [1.29, 1.82) is 5.41 Å². The number of amidine groups is 1. The summed E-state index contributed by atoms with van der Waals surface area (Å²) < 4.78 is 40.0. The lowest BCUT2D eigenvalue weighted by atomic mass is 10.0. The highest BCUT2D eigenvalue weighted by atomic mass is 19.1. The molecule has 0 aliphatic carbocycles. The van der Waals surface area contributed by atoms with E-state index < -0.39 is 24.2 Å². The number of methoxy groups -OCH3 is 1. The molecule has 0 unspecified atom stereocenters. The molecule has 11 nitrogen and oxygen atoms in total. The SMILES string of the molecule is COc1cc(OCCF)c(F)c([C@H](Nc2ccc(C(=N)N)cc2)c2nn(-c3cccnc3N)c(=O)[nH]2)c1. The van der Waals surface area contributed by atoms with Crippen molar-refractivity contribution in [2.75, 3.05) is 31.4 Å². The van der Waals surface area contributed by atoms with Crippen molar-refractivity contribution < 1.29 is 18.3 Å². The Hall–Kier alpha value is -4.94. The van der Waals surface area contributed by atoms with Gasteiger partial charge in [-0.2, -0.15) is 4.68 Å². The van der Waals surface area contributed by atoms with E-state index in [4.69, 9.17) is 26.4 Å². The number of nitrogens with zero attached hydrogens (tertiary/aromatic N) is 3. The summed E-state index contributed by atoms with van der Waals surface area (Å²) in [5, 5.41) is 15.1. The van der Waals surface area contributed by atoms with E-state index in [9.17, 15) is 9.18 Å². The largest absolute Gasteiger partial charge is 0.497 e. The second kappa shape index (κ2) is 10.8. The van der Waals surface area contributed by atoms with Gasteiger partial charge in [-0.1, -0.05) is 0 Å². The van der Waals surface area contributed by atoms with Crippen molar-refractivity contribution in [2.24, 2.45) is 5.73 Å². The third-order valence-corrected chi connectivity index (χ3v) is 5.38. The number of pyridine rings is 1. The molecule has 7 N–H and O–H groups in total. The van der Waals surface area contributed by atoms with Crippen molar-refractivity contribution in [1.82, 2.24) is 19.7 Å². The van der Waals surface area contributed by atoms with Crippen LogP contribution in [-0.2, 0) is 0 Å². The topological polar surface area (TPSA) is 170 Å². The van der Waals surface area contributed by atoms with Gasteiger partial charge < -0.3 is 26.3 Å². The van der Waals surface area contributed by atoms with Crippen molar-refractivity contribution in [2.45, 2.75) is 6.04 Å². The van der Waals surface area contributed by atoms with Crippen LogP contribution in [0.5, 0.6) is 11.5 Å². The molecule has 192 valence electrons. The maximum atomic E-state index is 15.7. The molecular formula is C24H24F2N8O3. The maximum absolute atomic E-state index is 15.7. The Labute approximate surface area is 209 Å². The molecule has 13 heteroatoms. The van der Waals surface area contributed by atoms with Crippen LogP contribution in [0.15, 0.2) is 59.5 Å². The average molecular weight is 511 g/mol. The van der Waals surface area contributed by atoms with E-state index in [0.717, 1.165) is 4.68 Å². The number of aromatic amines is 1. The second-order valence-electron chi connectivity index (χ2n) is 7.77. The third kappa shape index (κ3) is 5.34. The van der Waals surface area contributed by atoms with Crippen molar-refractivity contribution in [3.63, 3.8) is 0 Å². The van der Waals surface area contributed by atoms with E-state index in [0.29, 0.717) is 11.3 Å². The van der Waals surface area contributed by atoms with Gasteiger partial charge in [-0.25, -0.2) is 18.6 Å². The molecule has 37 heavy (non-hydrogen) atoms. The maximum Gasteiger partial charge on any atom is 0.348 e. The number of hydrogen-bond acceptors (Lipinski definition) is 8. The number of ether oxygens (including phenoxy) is 2. The average Bonchev–Trinajstić information content (AvgIpc) is 3.28. The van der Waals surface area contributed by atoms with Crippen LogP contribution in [0.25, 0.3) is 5.69 Å². The number of aromatic nitrogens is 4. The van der Waals surface area contributed by atoms with Crippen molar-refractivity contribution >= 4 is 17.3 Å². The molecule has 0 radical (unpaired) electrons. The molecule has 0 aliphatic heterocycles. The number of rotatable bonds is 10. The molecule has 0 amide bonds. The number of alkyl halides is 1. The van der Waals surface area contributed by atoms with E-state index in [-0.39, 0.29) is 46.8 Å². The fourth-order valence-electron chi connectivity index (χ4n) is 3.60. The molecule has 0 spiro atoms. The number of nitrogens with one attached hydrogen (secondary N) is 3. The van der Waals surface area contributed by atoms with Gasteiger partial charge in [0.05, 0.1) is 7.11 Å². The third-order valence-electron chi connectivity index (χ3n) is 5.38. The monoisotopic (exact) mass is 510 g/mol. The molecule has 4 rings (SSSR count). The molecule has 0 saturated heterocycles. The lowest BCUT2D eigenvalue weighted by molar-refractivity contribution is 0.260. The van der Waals surface area contributed by atoms with E-state index in [1.165, 1.54) is 25.4 Å². The summed E-state index contributed by atoms with van der Waals surface area (Å²) in [5.74, 6) is -0.808. The van der Waals surface area contributed by atoms with E-state index in [1.807, 2.05) is 0 Å². The zero-order chi connectivity index (χ0) is 26.5. The fourth-order valence-corrected chi connectivity index (χ4v) is 3.60. The van der Waals surface area contributed by atoms with Gasteiger partial charge in [-0.3, -0.25) is 10.4 Å². The van der Waals surface area contributed by atoms with E-state index in [1.54, 1.807) is 36.4 Å². The summed E-state index contributed by atoms with van der Waals surface area (Å²) in [6.07, 6.45) is 1.47.